The van der Waals surface area contributed by atoms with Crippen molar-refractivity contribution in [2.24, 2.45) is 16.1 Å². The quantitative estimate of drug-likeness (QED) is 0.295. The monoisotopic (exact) mass is 420 g/mol. The summed E-state index contributed by atoms with van der Waals surface area (Å²) in [4.78, 5) is 15.8. The summed E-state index contributed by atoms with van der Waals surface area (Å²) in [7, 11) is 1.59. The summed E-state index contributed by atoms with van der Waals surface area (Å²) in [5, 5.41) is 5.78. The van der Waals surface area contributed by atoms with Gasteiger partial charge in [-0.25, -0.2) is 0 Å². The molecule has 4 N–H and O–H groups in total. The molecule has 0 fully saturated rings. The van der Waals surface area contributed by atoms with Crippen LogP contribution in [0.3, 0.4) is 0 Å². The number of carbonyl (C=O) groups excluding carboxylic acids is 1. The van der Waals surface area contributed by atoms with Gasteiger partial charge >= 0.3 is 0 Å². The first-order chi connectivity index (χ1) is 9.84. The molecule has 124 valence electrons. The second-order valence-corrected chi connectivity index (χ2v) is 5.60. The first kappa shape index (κ1) is 20.5. The summed E-state index contributed by atoms with van der Waals surface area (Å²) in [6.45, 7) is 6.45. The van der Waals surface area contributed by atoms with Gasteiger partial charge in [-0.05, 0) is 12.1 Å². The van der Waals surface area contributed by atoms with Crippen molar-refractivity contribution in [3.63, 3.8) is 0 Å². The number of methoxy groups -OCH3 is 1. The van der Waals surface area contributed by atoms with Crippen molar-refractivity contribution >= 4 is 41.5 Å². The molecular formula is C15H25IN4O2. The number of benzene rings is 1. The summed E-state index contributed by atoms with van der Waals surface area (Å²) >= 11 is 0. The molecule has 0 saturated heterocycles. The van der Waals surface area contributed by atoms with Crippen LogP contribution in [-0.4, -0.2) is 32.1 Å². The van der Waals surface area contributed by atoms with E-state index in [4.69, 9.17) is 10.5 Å². The minimum Gasteiger partial charge on any atom is -0.495 e. The molecule has 1 aromatic carbocycles. The molecule has 0 unspecified atom stereocenters. The second-order valence-electron chi connectivity index (χ2n) is 5.60. The Morgan fingerprint density at radius 1 is 1.32 bits per heavy atom. The fourth-order valence-electron chi connectivity index (χ4n) is 1.54. The van der Waals surface area contributed by atoms with Crippen molar-refractivity contribution in [1.29, 1.82) is 0 Å². The van der Waals surface area contributed by atoms with E-state index in [2.05, 4.69) is 15.6 Å². The van der Waals surface area contributed by atoms with Gasteiger partial charge in [0.05, 0.1) is 19.3 Å². The summed E-state index contributed by atoms with van der Waals surface area (Å²) in [6, 6.07) is 7.43. The average molecular weight is 420 g/mol. The molecule has 0 saturated carbocycles. The molecule has 0 aliphatic heterocycles. The Labute approximate surface area is 148 Å². The summed E-state index contributed by atoms with van der Waals surface area (Å²) in [5.41, 5.74) is 6.15. The standard InChI is InChI=1S/C15H24N4O2.HI/c1-15(2,3)13(20)17-9-10-18-14(16)19-11-7-5-6-8-12(11)21-4;/h5-8H,9-10H2,1-4H3,(H,17,20)(H3,16,18,19);1H. The van der Waals surface area contributed by atoms with Crippen LogP contribution in [0.15, 0.2) is 29.3 Å². The zero-order chi connectivity index (χ0) is 15.9. The highest BCUT2D eigenvalue weighted by Gasteiger charge is 2.20. The molecule has 0 heterocycles. The third-order valence-corrected chi connectivity index (χ3v) is 2.73. The number of hydrogen-bond acceptors (Lipinski definition) is 3. The Balaban J connectivity index is 0.00000441. The van der Waals surface area contributed by atoms with Gasteiger partial charge in [0.25, 0.3) is 0 Å². The number of rotatable bonds is 5. The number of nitrogens with one attached hydrogen (secondary N) is 2. The van der Waals surface area contributed by atoms with E-state index in [0.29, 0.717) is 18.8 Å². The first-order valence-corrected chi connectivity index (χ1v) is 6.83. The molecule has 0 bridgehead atoms. The van der Waals surface area contributed by atoms with Gasteiger partial charge in [0.15, 0.2) is 5.96 Å². The fraction of sp³-hybridized carbons (Fsp3) is 0.467. The number of aliphatic imine (C=N–C) groups is 1. The van der Waals surface area contributed by atoms with Crippen LogP contribution in [0.1, 0.15) is 20.8 Å². The highest BCUT2D eigenvalue weighted by Crippen LogP contribution is 2.22. The smallest absolute Gasteiger partial charge is 0.225 e. The third kappa shape index (κ3) is 6.97. The zero-order valence-electron chi connectivity index (χ0n) is 13.5. The van der Waals surface area contributed by atoms with Crippen LogP contribution in [-0.2, 0) is 4.79 Å². The second kappa shape index (κ2) is 9.50. The average Bonchev–Trinajstić information content (AvgIpc) is 2.43. The maximum atomic E-state index is 11.7. The molecule has 0 aliphatic rings. The molecule has 0 spiro atoms. The number of anilines is 1. The van der Waals surface area contributed by atoms with Crippen LogP contribution in [0.4, 0.5) is 5.69 Å². The molecule has 7 heteroatoms. The van der Waals surface area contributed by atoms with Crippen LogP contribution in [0.2, 0.25) is 0 Å². The van der Waals surface area contributed by atoms with Gasteiger partial charge in [-0.2, -0.15) is 0 Å². The van der Waals surface area contributed by atoms with Crippen molar-refractivity contribution in [2.45, 2.75) is 20.8 Å². The van der Waals surface area contributed by atoms with E-state index < -0.39 is 5.41 Å². The normalized spacial score (nSPS) is 11.4. The number of carbonyl (C=O) groups is 1. The van der Waals surface area contributed by atoms with Crippen molar-refractivity contribution < 1.29 is 9.53 Å². The van der Waals surface area contributed by atoms with E-state index in [1.165, 1.54) is 0 Å². The van der Waals surface area contributed by atoms with E-state index >= 15 is 0 Å². The van der Waals surface area contributed by atoms with Crippen LogP contribution in [0.5, 0.6) is 5.75 Å². The van der Waals surface area contributed by atoms with Gasteiger partial charge in [-0.3, -0.25) is 9.79 Å². The maximum absolute atomic E-state index is 11.7. The first-order valence-electron chi connectivity index (χ1n) is 6.83. The largest absolute Gasteiger partial charge is 0.495 e. The number of nitrogens with zero attached hydrogens (tertiary/aromatic N) is 1. The lowest BCUT2D eigenvalue weighted by atomic mass is 9.96. The lowest BCUT2D eigenvalue weighted by molar-refractivity contribution is -0.128. The Morgan fingerprint density at radius 3 is 2.55 bits per heavy atom. The summed E-state index contributed by atoms with van der Waals surface area (Å²) in [6.07, 6.45) is 0. The molecule has 1 rings (SSSR count). The number of amides is 1. The van der Waals surface area contributed by atoms with Crippen molar-refractivity contribution in [3.8, 4) is 5.75 Å². The van der Waals surface area contributed by atoms with E-state index in [9.17, 15) is 4.79 Å². The maximum Gasteiger partial charge on any atom is 0.225 e. The predicted molar refractivity (Wildman–Crippen MR) is 101 cm³/mol. The third-order valence-electron chi connectivity index (χ3n) is 2.73. The van der Waals surface area contributed by atoms with Gasteiger partial charge in [0.1, 0.15) is 5.75 Å². The molecule has 0 radical (unpaired) electrons. The molecule has 1 amide bonds. The zero-order valence-corrected chi connectivity index (χ0v) is 15.8. The number of hydrogen-bond donors (Lipinski definition) is 3. The van der Waals surface area contributed by atoms with Crippen molar-refractivity contribution in [2.75, 3.05) is 25.5 Å². The summed E-state index contributed by atoms with van der Waals surface area (Å²) < 4.78 is 5.21. The molecule has 0 aromatic heterocycles. The topological polar surface area (TPSA) is 88.7 Å². The minimum absolute atomic E-state index is 0. The highest BCUT2D eigenvalue weighted by molar-refractivity contribution is 14.0. The van der Waals surface area contributed by atoms with E-state index in [0.717, 1.165) is 5.69 Å². The van der Waals surface area contributed by atoms with E-state index in [1.807, 2.05) is 45.0 Å². The molecule has 0 aliphatic carbocycles. The number of ether oxygens (including phenoxy) is 1. The lowest BCUT2D eigenvalue weighted by Crippen LogP contribution is -2.36. The number of halogens is 1. The van der Waals surface area contributed by atoms with Crippen LogP contribution >= 0.6 is 24.0 Å². The van der Waals surface area contributed by atoms with Gasteiger partial charge < -0.3 is 21.1 Å². The number of guanidine groups is 1. The Morgan fingerprint density at radius 2 is 1.95 bits per heavy atom. The van der Waals surface area contributed by atoms with Crippen LogP contribution < -0.4 is 21.1 Å². The van der Waals surface area contributed by atoms with Crippen LogP contribution in [0.25, 0.3) is 0 Å². The SMILES string of the molecule is COc1ccccc1NC(N)=NCCNC(=O)C(C)(C)C.I. The van der Waals surface area contributed by atoms with Crippen molar-refractivity contribution in [1.82, 2.24) is 5.32 Å². The molecule has 0 atom stereocenters. The molecule has 6 nitrogen and oxygen atoms in total. The molecule has 22 heavy (non-hydrogen) atoms. The predicted octanol–water partition coefficient (Wildman–Crippen LogP) is 2.20. The summed E-state index contributed by atoms with van der Waals surface area (Å²) in [5.74, 6) is 0.968. The minimum atomic E-state index is -0.398. The number of para-hydroxylation sites is 2. The van der Waals surface area contributed by atoms with Crippen LogP contribution in [0, 0.1) is 5.41 Å². The molecular weight excluding hydrogens is 395 g/mol. The highest BCUT2D eigenvalue weighted by atomic mass is 127. The van der Waals surface area contributed by atoms with Gasteiger partial charge in [-0.1, -0.05) is 32.9 Å². The lowest BCUT2D eigenvalue weighted by Gasteiger charge is -2.17. The Bertz CT molecular complexity index is 513. The fourth-order valence-corrected chi connectivity index (χ4v) is 1.54. The number of nitrogens with two attached hydrogens (primary N) is 1. The van der Waals surface area contributed by atoms with E-state index in [1.54, 1.807) is 7.11 Å². The Hall–Kier alpha value is -1.51. The van der Waals surface area contributed by atoms with Gasteiger partial charge in [0.2, 0.25) is 5.91 Å². The molecule has 1 aromatic rings. The Kier molecular flexibility index (Phi) is 8.84. The van der Waals surface area contributed by atoms with Gasteiger partial charge in [0, 0.05) is 12.0 Å². The van der Waals surface area contributed by atoms with E-state index in [-0.39, 0.29) is 35.8 Å². The van der Waals surface area contributed by atoms with Gasteiger partial charge in [-0.15, -0.1) is 24.0 Å². The van der Waals surface area contributed by atoms with Crippen molar-refractivity contribution in [3.05, 3.63) is 24.3 Å².